The van der Waals surface area contributed by atoms with Crippen molar-refractivity contribution in [1.29, 1.82) is 0 Å². The van der Waals surface area contributed by atoms with Crippen LogP contribution < -0.4 is 0 Å². The number of nitrogens with zero attached hydrogens (tertiary/aromatic N) is 1. The summed E-state index contributed by atoms with van der Waals surface area (Å²) in [7, 11) is 0. The Bertz CT molecular complexity index is 846. The van der Waals surface area contributed by atoms with Crippen LogP contribution in [0, 0.1) is 11.6 Å². The van der Waals surface area contributed by atoms with Crippen molar-refractivity contribution in [3.63, 3.8) is 0 Å². The summed E-state index contributed by atoms with van der Waals surface area (Å²) in [5.74, 6) is -0.769. The van der Waals surface area contributed by atoms with E-state index >= 15 is 0 Å². The maximum absolute atomic E-state index is 14.3. The fourth-order valence-electron chi connectivity index (χ4n) is 3.67. The highest BCUT2D eigenvalue weighted by Gasteiger charge is 2.43. The van der Waals surface area contributed by atoms with Gasteiger partial charge in [-0.15, -0.1) is 0 Å². The van der Waals surface area contributed by atoms with Crippen molar-refractivity contribution in [3.8, 4) is 0 Å². The van der Waals surface area contributed by atoms with E-state index in [0.717, 1.165) is 0 Å². The molecule has 0 unspecified atom stereocenters. The number of cyclic esters (lactones) is 1. The van der Waals surface area contributed by atoms with E-state index in [1.165, 1.54) is 23.1 Å². The van der Waals surface area contributed by atoms with Crippen molar-refractivity contribution in [2.24, 2.45) is 0 Å². The highest BCUT2D eigenvalue weighted by atomic mass is 79.9. The molecule has 1 aliphatic rings. The molecular weight excluding hydrogens is 432 g/mol. The van der Waals surface area contributed by atoms with Crippen molar-refractivity contribution < 1.29 is 23.4 Å². The van der Waals surface area contributed by atoms with Crippen LogP contribution in [0.15, 0.2) is 46.9 Å². The lowest BCUT2D eigenvalue weighted by Crippen LogP contribution is -2.49. The van der Waals surface area contributed by atoms with Crippen molar-refractivity contribution in [1.82, 2.24) is 4.90 Å². The number of benzene rings is 2. The van der Waals surface area contributed by atoms with E-state index in [1.807, 2.05) is 0 Å². The van der Waals surface area contributed by atoms with Crippen LogP contribution in [0.5, 0.6) is 0 Å². The Morgan fingerprint density at radius 2 is 1.96 bits per heavy atom. The van der Waals surface area contributed by atoms with Crippen LogP contribution in [0.25, 0.3) is 0 Å². The first-order chi connectivity index (χ1) is 13.4. The van der Waals surface area contributed by atoms with Crippen LogP contribution in [-0.2, 0) is 10.3 Å². The Labute approximate surface area is 171 Å². The third kappa shape index (κ3) is 4.20. The summed E-state index contributed by atoms with van der Waals surface area (Å²) >= 11 is 3.23. The molecule has 3 rings (SSSR count). The molecule has 2 atom stereocenters. The summed E-state index contributed by atoms with van der Waals surface area (Å²) in [4.78, 5) is 14.3. The highest BCUT2D eigenvalue weighted by molar-refractivity contribution is 9.10. The number of ether oxygens (including phenoxy) is 1. The topological polar surface area (TPSA) is 49.8 Å². The van der Waals surface area contributed by atoms with E-state index < -0.39 is 23.6 Å². The number of amides is 1. The van der Waals surface area contributed by atoms with Gasteiger partial charge in [-0.05, 0) is 49.6 Å². The van der Waals surface area contributed by atoms with Crippen molar-refractivity contribution in [2.75, 3.05) is 13.2 Å². The van der Waals surface area contributed by atoms with E-state index in [1.54, 1.807) is 31.2 Å². The van der Waals surface area contributed by atoms with Gasteiger partial charge >= 0.3 is 6.09 Å². The largest absolute Gasteiger partial charge is 0.438 e. The molecule has 1 fully saturated rings. The van der Waals surface area contributed by atoms with Gasteiger partial charge in [-0.2, -0.15) is 0 Å². The van der Waals surface area contributed by atoms with Gasteiger partial charge in [-0.25, -0.2) is 13.6 Å². The van der Waals surface area contributed by atoms with Gasteiger partial charge in [0, 0.05) is 29.6 Å². The average molecular weight is 454 g/mol. The zero-order valence-corrected chi connectivity index (χ0v) is 17.1. The van der Waals surface area contributed by atoms with Gasteiger partial charge < -0.3 is 14.7 Å². The molecule has 0 spiro atoms. The Balaban J connectivity index is 1.84. The zero-order valence-electron chi connectivity index (χ0n) is 15.5. The second kappa shape index (κ2) is 8.57. The van der Waals surface area contributed by atoms with E-state index in [2.05, 4.69) is 15.9 Å². The molecule has 7 heteroatoms. The molecule has 0 aromatic heterocycles. The first kappa shape index (κ1) is 20.7. The first-order valence-electron chi connectivity index (χ1n) is 9.18. The van der Waals surface area contributed by atoms with Gasteiger partial charge in [0.1, 0.15) is 17.2 Å². The van der Waals surface area contributed by atoms with Crippen molar-refractivity contribution >= 4 is 22.0 Å². The predicted octanol–water partition coefficient (Wildman–Crippen LogP) is 5.30. The van der Waals surface area contributed by atoms with Gasteiger partial charge in [0.05, 0.1) is 6.04 Å². The quantitative estimate of drug-likeness (QED) is 0.645. The second-order valence-electron chi connectivity index (χ2n) is 6.98. The number of aliphatic hydroxyl groups excluding tert-OH is 1. The molecule has 1 aliphatic heterocycles. The summed E-state index contributed by atoms with van der Waals surface area (Å²) in [6, 6.07) is 10.1. The minimum atomic E-state index is -0.929. The van der Waals surface area contributed by atoms with Gasteiger partial charge in [0.25, 0.3) is 0 Å². The number of carbonyl (C=O) groups excluding carboxylic acids is 1. The molecule has 0 saturated carbocycles. The van der Waals surface area contributed by atoms with Crippen LogP contribution in [0.1, 0.15) is 43.4 Å². The summed E-state index contributed by atoms with van der Waals surface area (Å²) in [6.45, 7) is 2.08. The monoisotopic (exact) mass is 453 g/mol. The molecule has 1 N–H and O–H groups in total. The van der Waals surface area contributed by atoms with Gasteiger partial charge in [-0.3, -0.25) is 0 Å². The average Bonchev–Trinajstić information content (AvgIpc) is 2.66. The molecule has 150 valence electrons. The lowest BCUT2D eigenvalue weighted by Gasteiger charge is -2.43. The highest BCUT2D eigenvalue weighted by Crippen LogP contribution is 2.40. The number of carbonyl (C=O) groups is 1. The van der Waals surface area contributed by atoms with Crippen LogP contribution in [-0.4, -0.2) is 29.3 Å². The number of aliphatic hydroxyl groups is 1. The molecule has 1 heterocycles. The fourth-order valence-corrected chi connectivity index (χ4v) is 4.00. The zero-order chi connectivity index (χ0) is 20.3. The second-order valence-corrected chi connectivity index (χ2v) is 7.90. The van der Waals surface area contributed by atoms with Crippen LogP contribution in [0.2, 0.25) is 0 Å². The summed E-state index contributed by atoms with van der Waals surface area (Å²) in [5, 5.41) is 9.25. The Kier molecular flexibility index (Phi) is 6.35. The van der Waals surface area contributed by atoms with Gasteiger partial charge in [-0.1, -0.05) is 34.1 Å². The molecule has 2 aromatic rings. The van der Waals surface area contributed by atoms with E-state index in [9.17, 15) is 18.7 Å². The normalized spacial score (nSPS) is 20.8. The Hall–Kier alpha value is -1.99. The van der Waals surface area contributed by atoms with Crippen LogP contribution in [0.4, 0.5) is 13.6 Å². The first-order valence-corrected chi connectivity index (χ1v) is 9.97. The maximum Gasteiger partial charge on any atom is 0.411 e. The molecule has 2 aromatic carbocycles. The summed E-state index contributed by atoms with van der Waals surface area (Å²) < 4.78 is 34.1. The lowest BCUT2D eigenvalue weighted by molar-refractivity contribution is -0.0682. The molecule has 0 radical (unpaired) electrons. The number of rotatable bonds is 6. The van der Waals surface area contributed by atoms with E-state index in [0.29, 0.717) is 41.4 Å². The standard InChI is InChI=1S/C21H22BrF2NO3/c1-14(18-8-5-16(22)13-19(18)24)25-11-10-21(9-2-12-26,28-20(25)27)15-3-6-17(23)7-4-15/h3-8,13-14,26H,2,9-12H2,1H3/t14-,21+/m0/s1. The number of halogens is 3. The fraction of sp³-hybridized carbons (Fsp3) is 0.381. The minimum Gasteiger partial charge on any atom is -0.438 e. The molecule has 0 bridgehead atoms. The molecule has 28 heavy (non-hydrogen) atoms. The SMILES string of the molecule is C[C@@H](c1ccc(Br)cc1F)N1CC[C@](CCCO)(c2ccc(F)cc2)OC1=O. The number of hydrogen-bond acceptors (Lipinski definition) is 3. The van der Waals surface area contributed by atoms with Crippen LogP contribution in [0.3, 0.4) is 0 Å². The van der Waals surface area contributed by atoms with Crippen molar-refractivity contribution in [2.45, 2.75) is 37.8 Å². The van der Waals surface area contributed by atoms with E-state index in [-0.39, 0.29) is 12.4 Å². The van der Waals surface area contributed by atoms with Crippen molar-refractivity contribution in [3.05, 3.63) is 69.7 Å². The van der Waals surface area contributed by atoms with Gasteiger partial charge in [0.15, 0.2) is 0 Å². The molecule has 1 amide bonds. The Morgan fingerprint density at radius 3 is 2.57 bits per heavy atom. The van der Waals surface area contributed by atoms with Crippen LogP contribution >= 0.6 is 15.9 Å². The predicted molar refractivity (Wildman–Crippen MR) is 105 cm³/mol. The third-order valence-electron chi connectivity index (χ3n) is 5.26. The maximum atomic E-state index is 14.3. The lowest BCUT2D eigenvalue weighted by atomic mass is 9.84. The third-order valence-corrected chi connectivity index (χ3v) is 5.76. The molecule has 4 nitrogen and oxygen atoms in total. The van der Waals surface area contributed by atoms with Gasteiger partial charge in [0.2, 0.25) is 0 Å². The van der Waals surface area contributed by atoms with E-state index in [4.69, 9.17) is 4.74 Å². The number of hydrogen-bond donors (Lipinski definition) is 1. The smallest absolute Gasteiger partial charge is 0.411 e. The summed E-state index contributed by atoms with van der Waals surface area (Å²) in [5.41, 5.74) is 0.171. The molecule has 1 saturated heterocycles. The summed E-state index contributed by atoms with van der Waals surface area (Å²) in [6.07, 6.45) is 0.785. The Morgan fingerprint density at radius 1 is 1.25 bits per heavy atom. The molecule has 0 aliphatic carbocycles. The molecular formula is C21H22BrF2NO3. The minimum absolute atomic E-state index is 0.0370.